The standard InChI is InChI=1S/C29H37N3O2/c1-4-6-7-10-20-31(28(33)23-12-11-13-23)21(3)27-30-26-15-9-8-14-25(26)29(34)32(27)24-18-16-22(5-2)17-19-24/h8-9,14-19,21,23H,4-7,10-13,20H2,1-3H3. The Balaban J connectivity index is 1.80. The molecule has 0 bridgehead atoms. The molecule has 1 atom stereocenters. The number of para-hydroxylation sites is 1. The number of aryl methyl sites for hydroxylation is 1. The van der Waals surface area contributed by atoms with E-state index in [9.17, 15) is 9.59 Å². The van der Waals surface area contributed by atoms with Gasteiger partial charge < -0.3 is 4.90 Å². The average Bonchev–Trinajstić information content (AvgIpc) is 2.82. The Morgan fingerprint density at radius 1 is 1.06 bits per heavy atom. The van der Waals surface area contributed by atoms with Gasteiger partial charge in [-0.05, 0) is 62.4 Å². The van der Waals surface area contributed by atoms with Gasteiger partial charge >= 0.3 is 0 Å². The van der Waals surface area contributed by atoms with Gasteiger partial charge in [-0.1, -0.05) is 63.8 Å². The molecule has 0 radical (unpaired) electrons. The van der Waals surface area contributed by atoms with Crippen LogP contribution >= 0.6 is 0 Å². The van der Waals surface area contributed by atoms with Crippen molar-refractivity contribution in [3.05, 3.63) is 70.3 Å². The van der Waals surface area contributed by atoms with Gasteiger partial charge in [0.2, 0.25) is 5.91 Å². The van der Waals surface area contributed by atoms with Crippen molar-refractivity contribution >= 4 is 16.8 Å². The van der Waals surface area contributed by atoms with Crippen LogP contribution in [-0.2, 0) is 11.2 Å². The molecule has 0 N–H and O–H groups in total. The number of carbonyl (C=O) groups is 1. The molecule has 1 aliphatic carbocycles. The highest BCUT2D eigenvalue weighted by Crippen LogP contribution is 2.32. The molecule has 1 aliphatic rings. The SMILES string of the molecule is CCCCCCN(C(=O)C1CCC1)C(C)c1nc2ccccc2c(=O)n1-c1ccc(CC)cc1. The third kappa shape index (κ3) is 4.94. The van der Waals surface area contributed by atoms with E-state index >= 15 is 0 Å². The Hall–Kier alpha value is -2.95. The van der Waals surface area contributed by atoms with Gasteiger partial charge in [0.25, 0.3) is 5.56 Å². The minimum absolute atomic E-state index is 0.0845. The molecule has 3 aromatic rings. The first-order valence-corrected chi connectivity index (χ1v) is 13.0. The Morgan fingerprint density at radius 2 is 1.79 bits per heavy atom. The Morgan fingerprint density at radius 3 is 2.44 bits per heavy atom. The zero-order valence-electron chi connectivity index (χ0n) is 20.8. The Bertz CT molecular complexity index is 1180. The summed E-state index contributed by atoms with van der Waals surface area (Å²) in [5.41, 5.74) is 2.61. The van der Waals surface area contributed by atoms with E-state index in [1.54, 1.807) is 4.57 Å². The second-order valence-corrected chi connectivity index (χ2v) is 9.54. The fourth-order valence-electron chi connectivity index (χ4n) is 4.79. The summed E-state index contributed by atoms with van der Waals surface area (Å²) in [7, 11) is 0. The number of fused-ring (bicyclic) bond motifs is 1. The molecule has 1 amide bonds. The van der Waals surface area contributed by atoms with Crippen molar-refractivity contribution < 1.29 is 4.79 Å². The number of rotatable bonds is 10. The highest BCUT2D eigenvalue weighted by molar-refractivity contribution is 5.80. The van der Waals surface area contributed by atoms with E-state index in [1.807, 2.05) is 48.2 Å². The molecule has 1 heterocycles. The minimum Gasteiger partial charge on any atom is -0.333 e. The van der Waals surface area contributed by atoms with Crippen LogP contribution in [0, 0.1) is 5.92 Å². The van der Waals surface area contributed by atoms with Gasteiger partial charge in [0.1, 0.15) is 5.82 Å². The summed E-state index contributed by atoms with van der Waals surface area (Å²) < 4.78 is 1.72. The molecule has 0 spiro atoms. The highest BCUT2D eigenvalue weighted by Gasteiger charge is 2.33. The molecule has 2 aromatic carbocycles. The molecular formula is C29H37N3O2. The van der Waals surface area contributed by atoms with Crippen LogP contribution in [0.1, 0.15) is 83.1 Å². The summed E-state index contributed by atoms with van der Waals surface area (Å²) in [6.07, 6.45) is 8.40. The number of amides is 1. The molecule has 34 heavy (non-hydrogen) atoms. The van der Waals surface area contributed by atoms with Crippen molar-refractivity contribution in [1.82, 2.24) is 14.5 Å². The molecule has 0 saturated heterocycles. The number of hydrogen-bond acceptors (Lipinski definition) is 3. The molecule has 1 saturated carbocycles. The van der Waals surface area contributed by atoms with Crippen molar-refractivity contribution in [1.29, 1.82) is 0 Å². The molecule has 180 valence electrons. The summed E-state index contributed by atoms with van der Waals surface area (Å²) in [4.78, 5) is 34.2. The predicted molar refractivity (Wildman–Crippen MR) is 138 cm³/mol. The van der Waals surface area contributed by atoms with E-state index in [0.717, 1.165) is 50.6 Å². The van der Waals surface area contributed by atoms with E-state index in [-0.39, 0.29) is 23.4 Å². The van der Waals surface area contributed by atoms with E-state index in [2.05, 4.69) is 26.0 Å². The predicted octanol–water partition coefficient (Wildman–Crippen LogP) is 6.22. The van der Waals surface area contributed by atoms with Crippen LogP contribution in [0.15, 0.2) is 53.3 Å². The molecule has 0 aliphatic heterocycles. The Kier molecular flexibility index (Phi) is 7.81. The smallest absolute Gasteiger partial charge is 0.266 e. The van der Waals surface area contributed by atoms with E-state index in [0.29, 0.717) is 23.3 Å². The van der Waals surface area contributed by atoms with Gasteiger partial charge in [-0.15, -0.1) is 0 Å². The maximum absolute atomic E-state index is 13.7. The molecule has 4 rings (SSSR count). The molecule has 5 heteroatoms. The highest BCUT2D eigenvalue weighted by atomic mass is 16.2. The van der Waals surface area contributed by atoms with Gasteiger partial charge in [0.05, 0.1) is 22.6 Å². The summed E-state index contributed by atoms with van der Waals surface area (Å²) in [6, 6.07) is 15.3. The number of hydrogen-bond donors (Lipinski definition) is 0. The number of benzene rings is 2. The van der Waals surface area contributed by atoms with Gasteiger partial charge in [0.15, 0.2) is 0 Å². The Labute approximate surface area is 202 Å². The summed E-state index contributed by atoms with van der Waals surface area (Å²) >= 11 is 0. The molecule has 1 aromatic heterocycles. The van der Waals surface area contributed by atoms with E-state index in [4.69, 9.17) is 4.98 Å². The van der Waals surface area contributed by atoms with Crippen LogP contribution in [0.5, 0.6) is 0 Å². The van der Waals surface area contributed by atoms with Crippen LogP contribution in [-0.4, -0.2) is 26.9 Å². The first-order chi connectivity index (χ1) is 16.5. The molecule has 5 nitrogen and oxygen atoms in total. The molecule has 1 fully saturated rings. The largest absolute Gasteiger partial charge is 0.333 e. The van der Waals surface area contributed by atoms with Gasteiger partial charge in [-0.3, -0.25) is 14.2 Å². The van der Waals surface area contributed by atoms with Crippen molar-refractivity contribution in [3.8, 4) is 5.69 Å². The number of nitrogens with zero attached hydrogens (tertiary/aromatic N) is 3. The average molecular weight is 460 g/mol. The van der Waals surface area contributed by atoms with Crippen LogP contribution in [0.4, 0.5) is 0 Å². The van der Waals surface area contributed by atoms with Crippen LogP contribution in [0.25, 0.3) is 16.6 Å². The first kappa shape index (κ1) is 24.2. The lowest BCUT2D eigenvalue weighted by Crippen LogP contribution is -2.42. The van der Waals surface area contributed by atoms with Crippen LogP contribution < -0.4 is 5.56 Å². The van der Waals surface area contributed by atoms with Crippen molar-refractivity contribution in [2.45, 2.75) is 78.2 Å². The van der Waals surface area contributed by atoms with Gasteiger partial charge in [-0.25, -0.2) is 4.98 Å². The van der Waals surface area contributed by atoms with Crippen molar-refractivity contribution in [2.75, 3.05) is 6.54 Å². The lowest BCUT2D eigenvalue weighted by atomic mass is 9.84. The maximum Gasteiger partial charge on any atom is 0.266 e. The maximum atomic E-state index is 13.7. The summed E-state index contributed by atoms with van der Waals surface area (Å²) in [5.74, 6) is 0.958. The number of carbonyl (C=O) groups excluding carboxylic acids is 1. The number of aromatic nitrogens is 2. The first-order valence-electron chi connectivity index (χ1n) is 13.0. The third-order valence-corrected chi connectivity index (χ3v) is 7.24. The fraction of sp³-hybridized carbons (Fsp3) is 0.483. The van der Waals surface area contributed by atoms with E-state index in [1.165, 1.54) is 12.0 Å². The normalized spacial score (nSPS) is 14.7. The topological polar surface area (TPSA) is 55.2 Å². The van der Waals surface area contributed by atoms with Crippen LogP contribution in [0.2, 0.25) is 0 Å². The van der Waals surface area contributed by atoms with Crippen molar-refractivity contribution in [3.63, 3.8) is 0 Å². The minimum atomic E-state index is -0.294. The second kappa shape index (κ2) is 11.0. The quantitative estimate of drug-likeness (QED) is 0.338. The zero-order valence-corrected chi connectivity index (χ0v) is 20.8. The second-order valence-electron chi connectivity index (χ2n) is 9.54. The van der Waals surface area contributed by atoms with Gasteiger partial charge in [0, 0.05) is 12.5 Å². The lowest BCUT2D eigenvalue weighted by Gasteiger charge is -2.36. The van der Waals surface area contributed by atoms with Crippen LogP contribution in [0.3, 0.4) is 0 Å². The summed E-state index contributed by atoms with van der Waals surface area (Å²) in [6.45, 7) is 7.05. The fourth-order valence-corrected chi connectivity index (χ4v) is 4.79. The summed E-state index contributed by atoms with van der Waals surface area (Å²) in [5, 5.41) is 0.595. The third-order valence-electron chi connectivity index (χ3n) is 7.24. The molecular weight excluding hydrogens is 422 g/mol. The number of unbranched alkanes of at least 4 members (excludes halogenated alkanes) is 3. The van der Waals surface area contributed by atoms with E-state index < -0.39 is 0 Å². The molecule has 1 unspecified atom stereocenters. The zero-order chi connectivity index (χ0) is 24.1. The lowest BCUT2D eigenvalue weighted by molar-refractivity contribution is -0.140. The van der Waals surface area contributed by atoms with Crippen molar-refractivity contribution in [2.24, 2.45) is 5.92 Å². The van der Waals surface area contributed by atoms with Gasteiger partial charge in [-0.2, -0.15) is 0 Å². The monoisotopic (exact) mass is 459 g/mol.